The SMILES string of the molecule is CCOc1c(OC)ccc(Br)c1CNc1cc(Cl)cc(Cl)c1. The van der Waals surface area contributed by atoms with E-state index in [2.05, 4.69) is 21.2 Å². The average molecular weight is 405 g/mol. The Balaban J connectivity index is 2.28. The summed E-state index contributed by atoms with van der Waals surface area (Å²) < 4.78 is 12.0. The standard InChI is InChI=1S/C16H16BrCl2NO2/c1-3-22-16-13(14(17)4-5-15(16)21-2)9-20-12-7-10(18)6-11(19)8-12/h4-8,20H,3,9H2,1-2H3. The molecule has 0 saturated heterocycles. The largest absolute Gasteiger partial charge is 0.493 e. The lowest BCUT2D eigenvalue weighted by Crippen LogP contribution is -2.05. The summed E-state index contributed by atoms with van der Waals surface area (Å²) in [5.41, 5.74) is 1.81. The van der Waals surface area contributed by atoms with Gasteiger partial charge in [0.05, 0.1) is 13.7 Å². The van der Waals surface area contributed by atoms with Gasteiger partial charge in [-0.2, -0.15) is 0 Å². The van der Waals surface area contributed by atoms with Crippen molar-refractivity contribution in [3.8, 4) is 11.5 Å². The molecule has 2 aromatic rings. The van der Waals surface area contributed by atoms with E-state index in [1.54, 1.807) is 13.2 Å². The van der Waals surface area contributed by atoms with Gasteiger partial charge in [-0.1, -0.05) is 39.1 Å². The summed E-state index contributed by atoms with van der Waals surface area (Å²) in [4.78, 5) is 0. The Kier molecular flexibility index (Phi) is 6.24. The summed E-state index contributed by atoms with van der Waals surface area (Å²) >= 11 is 15.6. The van der Waals surface area contributed by atoms with Crippen LogP contribution in [-0.4, -0.2) is 13.7 Å². The first kappa shape index (κ1) is 17.3. The monoisotopic (exact) mass is 403 g/mol. The van der Waals surface area contributed by atoms with Crippen LogP contribution in [0.25, 0.3) is 0 Å². The number of halogens is 3. The Morgan fingerprint density at radius 3 is 2.41 bits per heavy atom. The van der Waals surface area contributed by atoms with E-state index in [0.29, 0.717) is 28.9 Å². The van der Waals surface area contributed by atoms with Gasteiger partial charge in [-0.05, 0) is 37.3 Å². The number of nitrogens with one attached hydrogen (secondary N) is 1. The van der Waals surface area contributed by atoms with Crippen molar-refractivity contribution >= 4 is 44.8 Å². The van der Waals surface area contributed by atoms with Crippen molar-refractivity contribution in [1.82, 2.24) is 0 Å². The third kappa shape index (κ3) is 4.22. The Bertz CT molecular complexity index is 645. The van der Waals surface area contributed by atoms with Crippen LogP contribution in [0.2, 0.25) is 10.0 Å². The zero-order chi connectivity index (χ0) is 16.1. The number of anilines is 1. The van der Waals surface area contributed by atoms with Gasteiger partial charge in [-0.3, -0.25) is 0 Å². The summed E-state index contributed by atoms with van der Waals surface area (Å²) in [7, 11) is 1.62. The topological polar surface area (TPSA) is 30.5 Å². The van der Waals surface area contributed by atoms with E-state index in [1.807, 2.05) is 31.2 Å². The molecule has 2 aromatic carbocycles. The number of benzene rings is 2. The Morgan fingerprint density at radius 1 is 1.14 bits per heavy atom. The van der Waals surface area contributed by atoms with E-state index in [9.17, 15) is 0 Å². The number of ether oxygens (including phenoxy) is 2. The molecule has 0 aliphatic carbocycles. The first-order valence-corrected chi connectivity index (χ1v) is 8.28. The summed E-state index contributed by atoms with van der Waals surface area (Å²) in [5.74, 6) is 1.42. The van der Waals surface area contributed by atoms with E-state index in [1.165, 1.54) is 0 Å². The number of hydrogen-bond donors (Lipinski definition) is 1. The maximum atomic E-state index is 6.01. The molecule has 1 N–H and O–H groups in total. The van der Waals surface area contributed by atoms with E-state index in [-0.39, 0.29) is 0 Å². The summed E-state index contributed by atoms with van der Waals surface area (Å²) in [5, 5.41) is 4.47. The molecule has 0 spiro atoms. The molecule has 22 heavy (non-hydrogen) atoms. The normalized spacial score (nSPS) is 10.4. The number of methoxy groups -OCH3 is 1. The van der Waals surface area contributed by atoms with Crippen LogP contribution in [0.3, 0.4) is 0 Å². The van der Waals surface area contributed by atoms with E-state index in [4.69, 9.17) is 32.7 Å². The molecule has 0 bridgehead atoms. The average Bonchev–Trinajstić information content (AvgIpc) is 2.46. The second-order valence-electron chi connectivity index (χ2n) is 4.50. The molecule has 0 radical (unpaired) electrons. The molecular weight excluding hydrogens is 389 g/mol. The van der Waals surface area contributed by atoms with E-state index < -0.39 is 0 Å². The number of rotatable bonds is 6. The first-order valence-electron chi connectivity index (χ1n) is 6.73. The second-order valence-corrected chi connectivity index (χ2v) is 6.23. The third-order valence-corrected chi connectivity index (χ3v) is 4.19. The van der Waals surface area contributed by atoms with Gasteiger partial charge in [-0.25, -0.2) is 0 Å². The molecule has 0 atom stereocenters. The summed E-state index contributed by atoms with van der Waals surface area (Å²) in [6.07, 6.45) is 0. The smallest absolute Gasteiger partial charge is 0.167 e. The predicted octanol–water partition coefficient (Wildman–Crippen LogP) is 5.78. The highest BCUT2D eigenvalue weighted by Crippen LogP contribution is 2.37. The van der Waals surface area contributed by atoms with Crippen molar-refractivity contribution in [2.75, 3.05) is 19.0 Å². The van der Waals surface area contributed by atoms with Gasteiger partial charge in [0.25, 0.3) is 0 Å². The van der Waals surface area contributed by atoms with Crippen LogP contribution in [0.5, 0.6) is 11.5 Å². The minimum atomic E-state index is 0.545. The van der Waals surface area contributed by atoms with Crippen molar-refractivity contribution in [3.05, 3.63) is 50.4 Å². The van der Waals surface area contributed by atoms with Crippen molar-refractivity contribution in [1.29, 1.82) is 0 Å². The van der Waals surface area contributed by atoms with Crippen LogP contribution in [0.4, 0.5) is 5.69 Å². The first-order chi connectivity index (χ1) is 10.5. The van der Waals surface area contributed by atoms with Gasteiger partial charge in [0, 0.05) is 32.3 Å². The maximum Gasteiger partial charge on any atom is 0.167 e. The van der Waals surface area contributed by atoms with Crippen LogP contribution < -0.4 is 14.8 Å². The lowest BCUT2D eigenvalue weighted by atomic mass is 10.1. The molecule has 0 unspecified atom stereocenters. The lowest BCUT2D eigenvalue weighted by Gasteiger charge is -2.17. The van der Waals surface area contributed by atoms with Gasteiger partial charge >= 0.3 is 0 Å². The van der Waals surface area contributed by atoms with Crippen LogP contribution in [0.1, 0.15) is 12.5 Å². The third-order valence-electron chi connectivity index (χ3n) is 3.01. The highest BCUT2D eigenvalue weighted by molar-refractivity contribution is 9.10. The summed E-state index contributed by atoms with van der Waals surface area (Å²) in [6, 6.07) is 9.14. The van der Waals surface area contributed by atoms with Gasteiger partial charge in [0.2, 0.25) is 0 Å². The lowest BCUT2D eigenvalue weighted by molar-refractivity contribution is 0.307. The molecule has 0 fully saturated rings. The molecule has 0 aliphatic rings. The fourth-order valence-electron chi connectivity index (χ4n) is 2.06. The van der Waals surface area contributed by atoms with Crippen LogP contribution in [-0.2, 0) is 6.54 Å². The van der Waals surface area contributed by atoms with Crippen LogP contribution in [0, 0.1) is 0 Å². The quantitative estimate of drug-likeness (QED) is 0.662. The molecule has 3 nitrogen and oxygen atoms in total. The second kappa shape index (κ2) is 7.95. The molecule has 0 heterocycles. The molecule has 2 rings (SSSR count). The van der Waals surface area contributed by atoms with Crippen molar-refractivity contribution in [3.63, 3.8) is 0 Å². The Hall–Kier alpha value is -1.10. The fourth-order valence-corrected chi connectivity index (χ4v) is 3.04. The zero-order valence-corrected chi connectivity index (χ0v) is 15.3. The minimum absolute atomic E-state index is 0.545. The Labute approximate surface area is 148 Å². The molecule has 118 valence electrons. The summed E-state index contributed by atoms with van der Waals surface area (Å²) in [6.45, 7) is 3.04. The number of hydrogen-bond acceptors (Lipinski definition) is 3. The zero-order valence-electron chi connectivity index (χ0n) is 12.3. The molecular formula is C16H16BrCl2NO2. The predicted molar refractivity (Wildman–Crippen MR) is 95.7 cm³/mol. The molecule has 0 aromatic heterocycles. The molecule has 0 aliphatic heterocycles. The highest BCUT2D eigenvalue weighted by Gasteiger charge is 2.14. The van der Waals surface area contributed by atoms with E-state index >= 15 is 0 Å². The van der Waals surface area contributed by atoms with Crippen molar-refractivity contribution in [2.24, 2.45) is 0 Å². The van der Waals surface area contributed by atoms with Crippen LogP contribution >= 0.6 is 39.1 Å². The van der Waals surface area contributed by atoms with Gasteiger partial charge in [-0.15, -0.1) is 0 Å². The van der Waals surface area contributed by atoms with E-state index in [0.717, 1.165) is 21.5 Å². The Morgan fingerprint density at radius 2 is 1.82 bits per heavy atom. The fraction of sp³-hybridized carbons (Fsp3) is 0.250. The molecule has 6 heteroatoms. The van der Waals surface area contributed by atoms with Crippen LogP contribution in [0.15, 0.2) is 34.8 Å². The van der Waals surface area contributed by atoms with Gasteiger partial charge in [0.15, 0.2) is 11.5 Å². The highest BCUT2D eigenvalue weighted by atomic mass is 79.9. The molecule has 0 saturated carbocycles. The minimum Gasteiger partial charge on any atom is -0.493 e. The molecule has 0 amide bonds. The van der Waals surface area contributed by atoms with Gasteiger partial charge < -0.3 is 14.8 Å². The van der Waals surface area contributed by atoms with Gasteiger partial charge in [0.1, 0.15) is 0 Å². The van der Waals surface area contributed by atoms with Crippen molar-refractivity contribution < 1.29 is 9.47 Å². The van der Waals surface area contributed by atoms with Crippen molar-refractivity contribution in [2.45, 2.75) is 13.5 Å². The maximum absolute atomic E-state index is 6.01.